The summed E-state index contributed by atoms with van der Waals surface area (Å²) in [6.07, 6.45) is 1.92. The molecule has 0 bridgehead atoms. The van der Waals surface area contributed by atoms with E-state index in [0.29, 0.717) is 31.2 Å². The van der Waals surface area contributed by atoms with Crippen LogP contribution in [0.1, 0.15) is 31.1 Å². The highest BCUT2D eigenvalue weighted by Gasteiger charge is 2.34. The normalized spacial score (nSPS) is 17.2. The second-order valence-corrected chi connectivity index (χ2v) is 6.47. The van der Waals surface area contributed by atoms with Gasteiger partial charge in [-0.15, -0.1) is 0 Å². The van der Waals surface area contributed by atoms with Crippen molar-refractivity contribution in [2.24, 2.45) is 0 Å². The summed E-state index contributed by atoms with van der Waals surface area (Å²) in [5, 5.41) is 1.95. The Hall–Kier alpha value is -2.21. The summed E-state index contributed by atoms with van der Waals surface area (Å²) >= 11 is 0. The Labute approximate surface area is 140 Å². The lowest BCUT2D eigenvalue weighted by molar-refractivity contribution is -0.673. The van der Waals surface area contributed by atoms with Gasteiger partial charge in [0.15, 0.2) is 6.54 Å². The Morgan fingerprint density at radius 2 is 2.08 bits per heavy atom. The minimum Gasteiger partial charge on any atom is -0.348 e. The number of quaternary nitrogens is 1. The van der Waals surface area contributed by atoms with Crippen LogP contribution in [0.5, 0.6) is 0 Å². The van der Waals surface area contributed by atoms with Crippen LogP contribution in [0.4, 0.5) is 8.78 Å². The summed E-state index contributed by atoms with van der Waals surface area (Å²) in [6, 6.07) is 7.11. The fourth-order valence-corrected chi connectivity index (χ4v) is 3.16. The maximum Gasteiger partial charge on any atom is 0.278 e. The van der Waals surface area contributed by atoms with Crippen molar-refractivity contribution in [2.75, 3.05) is 13.1 Å². The topological polar surface area (TPSA) is 41.9 Å². The molecule has 1 aliphatic heterocycles. The van der Waals surface area contributed by atoms with Crippen molar-refractivity contribution in [1.29, 1.82) is 0 Å². The smallest absolute Gasteiger partial charge is 0.278 e. The molecule has 1 aromatic carbocycles. The second kappa shape index (κ2) is 6.73. The van der Waals surface area contributed by atoms with E-state index in [2.05, 4.69) is 0 Å². The molecule has 0 aliphatic carbocycles. The molecule has 2 heterocycles. The number of rotatable bonds is 4. The van der Waals surface area contributed by atoms with Crippen molar-refractivity contribution in [3.63, 3.8) is 0 Å². The minimum absolute atomic E-state index is 0.0372. The van der Waals surface area contributed by atoms with E-state index in [9.17, 15) is 13.6 Å². The van der Waals surface area contributed by atoms with Gasteiger partial charge in [-0.1, -0.05) is 6.07 Å². The van der Waals surface area contributed by atoms with Crippen molar-refractivity contribution in [3.05, 3.63) is 59.4 Å². The Balaban J connectivity index is 1.98. The van der Waals surface area contributed by atoms with Crippen LogP contribution in [-0.4, -0.2) is 34.5 Å². The van der Waals surface area contributed by atoms with E-state index in [0.717, 1.165) is 11.8 Å². The fraction of sp³-hybridized carbons (Fsp3) is 0.389. The van der Waals surface area contributed by atoms with Gasteiger partial charge in [0, 0.05) is 36.6 Å². The number of carbonyl (C=O) groups excluding carboxylic acids is 1. The summed E-state index contributed by atoms with van der Waals surface area (Å²) < 4.78 is 29.7. The molecule has 0 spiro atoms. The van der Waals surface area contributed by atoms with E-state index in [1.165, 1.54) is 12.1 Å². The molecule has 1 aromatic heterocycles. The van der Waals surface area contributed by atoms with Crippen LogP contribution >= 0.6 is 0 Å². The maximum atomic E-state index is 14.4. The average molecular weight is 334 g/mol. The summed E-state index contributed by atoms with van der Waals surface area (Å²) in [7, 11) is 0. The van der Waals surface area contributed by atoms with Crippen LogP contribution in [0, 0.1) is 11.6 Å². The van der Waals surface area contributed by atoms with Gasteiger partial charge in [-0.3, -0.25) is 4.79 Å². The minimum atomic E-state index is -0.625. The average Bonchev–Trinajstić information content (AvgIpc) is 3.00. The van der Waals surface area contributed by atoms with E-state index in [4.69, 9.17) is 0 Å². The number of nitrogens with zero attached hydrogens (tertiary/aromatic N) is 2. The molecular weight excluding hydrogens is 312 g/mol. The quantitative estimate of drug-likeness (QED) is 0.908. The molecule has 1 aliphatic rings. The number of amides is 1. The third-order valence-corrected chi connectivity index (χ3v) is 4.38. The molecular formula is C18H22F2N3O+. The first-order chi connectivity index (χ1) is 11.5. The van der Waals surface area contributed by atoms with E-state index in [-0.39, 0.29) is 5.91 Å². The lowest BCUT2D eigenvalue weighted by atomic mass is 9.99. The van der Waals surface area contributed by atoms with Crippen LogP contribution in [0.25, 0.3) is 0 Å². The van der Waals surface area contributed by atoms with Gasteiger partial charge < -0.3 is 14.8 Å². The summed E-state index contributed by atoms with van der Waals surface area (Å²) in [5.41, 5.74) is 1.18. The number of nitrogens with two attached hydrogens (primary N) is 1. The van der Waals surface area contributed by atoms with Gasteiger partial charge in [0.05, 0.1) is 6.04 Å². The number of halogens is 2. The zero-order valence-corrected chi connectivity index (χ0v) is 13.9. The second-order valence-electron chi connectivity index (χ2n) is 6.47. The first kappa shape index (κ1) is 16.6. The molecule has 0 saturated carbocycles. The van der Waals surface area contributed by atoms with Gasteiger partial charge in [-0.25, -0.2) is 8.78 Å². The van der Waals surface area contributed by atoms with E-state index in [1.54, 1.807) is 4.90 Å². The van der Waals surface area contributed by atoms with Gasteiger partial charge in [-0.05, 0) is 32.0 Å². The molecule has 0 unspecified atom stereocenters. The monoisotopic (exact) mass is 334 g/mol. The van der Waals surface area contributed by atoms with Crippen LogP contribution in [0.3, 0.4) is 0 Å². The van der Waals surface area contributed by atoms with Crippen LogP contribution in [-0.2, 0) is 11.3 Å². The zero-order chi connectivity index (χ0) is 17.3. The van der Waals surface area contributed by atoms with Crippen molar-refractivity contribution < 1.29 is 18.9 Å². The number of fused-ring (bicyclic) bond motifs is 1. The molecule has 0 fully saturated rings. The maximum absolute atomic E-state index is 14.4. The highest BCUT2D eigenvalue weighted by atomic mass is 19.1. The zero-order valence-electron chi connectivity index (χ0n) is 13.9. The lowest BCUT2D eigenvalue weighted by Crippen LogP contribution is -2.90. The standard InChI is InChI=1S/C18H21F2N3O/c1-12(2)21-11-17(24)23-9-8-22-7-3-4-16(22)18(23)14-6-5-13(19)10-15(14)20/h3-7,10,12,18,21H,8-9,11H2,1-2H3/p+1/t18-/m0/s1. The Morgan fingerprint density at radius 3 is 2.79 bits per heavy atom. The third-order valence-electron chi connectivity index (χ3n) is 4.38. The highest BCUT2D eigenvalue weighted by Crippen LogP contribution is 2.33. The molecule has 2 N–H and O–H groups in total. The van der Waals surface area contributed by atoms with Crippen LogP contribution in [0.15, 0.2) is 36.5 Å². The van der Waals surface area contributed by atoms with E-state index >= 15 is 0 Å². The number of hydrogen-bond donors (Lipinski definition) is 1. The fourth-order valence-electron chi connectivity index (χ4n) is 3.16. The predicted octanol–water partition coefficient (Wildman–Crippen LogP) is 1.67. The first-order valence-corrected chi connectivity index (χ1v) is 8.20. The number of benzene rings is 1. The molecule has 0 saturated heterocycles. The third kappa shape index (κ3) is 3.19. The van der Waals surface area contributed by atoms with Crippen molar-refractivity contribution in [3.8, 4) is 0 Å². The molecule has 4 nitrogen and oxygen atoms in total. The van der Waals surface area contributed by atoms with Gasteiger partial charge in [-0.2, -0.15) is 0 Å². The SMILES string of the molecule is CC(C)[NH2+]CC(=O)N1CCn2cccc2[C@@H]1c1ccc(F)cc1F. The first-order valence-electron chi connectivity index (χ1n) is 8.20. The summed E-state index contributed by atoms with van der Waals surface area (Å²) in [5.74, 6) is -1.28. The van der Waals surface area contributed by atoms with Gasteiger partial charge in [0.2, 0.25) is 0 Å². The molecule has 1 atom stereocenters. The Morgan fingerprint density at radius 1 is 1.29 bits per heavy atom. The Bertz CT molecular complexity index is 742. The summed E-state index contributed by atoms with van der Waals surface area (Å²) in [4.78, 5) is 14.4. The molecule has 128 valence electrons. The molecule has 1 amide bonds. The van der Waals surface area contributed by atoms with E-state index in [1.807, 2.05) is 42.1 Å². The Kier molecular flexibility index (Phi) is 4.66. The lowest BCUT2D eigenvalue weighted by Gasteiger charge is -2.37. The highest BCUT2D eigenvalue weighted by molar-refractivity contribution is 5.78. The van der Waals surface area contributed by atoms with Crippen LogP contribution in [0.2, 0.25) is 0 Å². The van der Waals surface area contributed by atoms with Gasteiger partial charge in [0.1, 0.15) is 17.7 Å². The van der Waals surface area contributed by atoms with Gasteiger partial charge in [0.25, 0.3) is 5.91 Å². The van der Waals surface area contributed by atoms with Gasteiger partial charge >= 0.3 is 0 Å². The molecule has 6 heteroatoms. The number of carbonyl (C=O) groups is 1. The molecule has 3 rings (SSSR count). The largest absolute Gasteiger partial charge is 0.348 e. The van der Waals surface area contributed by atoms with Crippen LogP contribution < -0.4 is 5.32 Å². The molecule has 0 radical (unpaired) electrons. The number of hydrogen-bond acceptors (Lipinski definition) is 1. The van der Waals surface area contributed by atoms with Crippen molar-refractivity contribution in [2.45, 2.75) is 32.5 Å². The molecule has 2 aromatic rings. The van der Waals surface area contributed by atoms with Crippen molar-refractivity contribution in [1.82, 2.24) is 9.47 Å². The van der Waals surface area contributed by atoms with Crippen molar-refractivity contribution >= 4 is 5.91 Å². The molecule has 24 heavy (non-hydrogen) atoms. The van der Waals surface area contributed by atoms with E-state index < -0.39 is 17.7 Å². The predicted molar refractivity (Wildman–Crippen MR) is 86.3 cm³/mol. The summed E-state index contributed by atoms with van der Waals surface area (Å²) in [6.45, 7) is 5.54. The number of aromatic nitrogens is 1.